The van der Waals surface area contributed by atoms with Crippen molar-refractivity contribution in [3.63, 3.8) is 0 Å². The zero-order chi connectivity index (χ0) is 13.0. The van der Waals surface area contributed by atoms with Crippen LogP contribution in [0.5, 0.6) is 0 Å². The summed E-state index contributed by atoms with van der Waals surface area (Å²) >= 11 is 0. The van der Waals surface area contributed by atoms with E-state index in [1.807, 2.05) is 0 Å². The highest BCUT2D eigenvalue weighted by Crippen LogP contribution is 2.28. The van der Waals surface area contributed by atoms with Gasteiger partial charge in [-0.25, -0.2) is 0 Å². The molecule has 0 heterocycles. The Morgan fingerprint density at radius 3 is 1.83 bits per heavy atom. The van der Waals surface area contributed by atoms with Gasteiger partial charge in [0.1, 0.15) is 5.78 Å². The number of hydrogen-bond donors (Lipinski definition) is 0. The van der Waals surface area contributed by atoms with E-state index in [0.29, 0.717) is 17.6 Å². The number of rotatable bonds is 4. The molecule has 2 aliphatic rings. The van der Waals surface area contributed by atoms with E-state index in [9.17, 15) is 4.79 Å². The topological polar surface area (TPSA) is 17.1 Å². The molecule has 0 fully saturated rings. The molecule has 2 unspecified atom stereocenters. The monoisotopic (exact) mass is 246 g/mol. The van der Waals surface area contributed by atoms with E-state index in [1.165, 1.54) is 49.7 Å². The third kappa shape index (κ3) is 4.12. The van der Waals surface area contributed by atoms with Crippen LogP contribution in [0.15, 0.2) is 23.3 Å². The van der Waals surface area contributed by atoms with Gasteiger partial charge in [-0.2, -0.15) is 0 Å². The number of hydrogen-bond acceptors (Lipinski definition) is 1. The second-order valence-corrected chi connectivity index (χ2v) is 6.28. The van der Waals surface area contributed by atoms with Gasteiger partial charge in [-0.05, 0) is 64.2 Å². The smallest absolute Gasteiger partial charge is 0.134 e. The third-order valence-electron chi connectivity index (χ3n) is 4.31. The fourth-order valence-corrected chi connectivity index (χ4v) is 3.41. The van der Waals surface area contributed by atoms with Gasteiger partial charge in [0.15, 0.2) is 0 Å². The van der Waals surface area contributed by atoms with Crippen LogP contribution in [0.2, 0.25) is 0 Å². The summed E-state index contributed by atoms with van der Waals surface area (Å²) in [4.78, 5) is 12.1. The minimum absolute atomic E-state index is 0.474. The molecule has 0 radical (unpaired) electrons. The van der Waals surface area contributed by atoms with Gasteiger partial charge < -0.3 is 0 Å². The quantitative estimate of drug-likeness (QED) is 0.649. The highest BCUT2D eigenvalue weighted by molar-refractivity contribution is 5.79. The molecule has 1 heteroatoms. The number of carbonyl (C=O) groups is 1. The summed E-state index contributed by atoms with van der Waals surface area (Å²) in [6.07, 6.45) is 13.6. The lowest BCUT2D eigenvalue weighted by atomic mass is 9.83. The predicted molar refractivity (Wildman–Crippen MR) is 76.4 cm³/mol. The first-order valence-electron chi connectivity index (χ1n) is 7.50. The summed E-state index contributed by atoms with van der Waals surface area (Å²) in [5.41, 5.74) is 2.96. The Kier molecular flexibility index (Phi) is 4.79. The van der Waals surface area contributed by atoms with E-state index in [-0.39, 0.29) is 0 Å². The van der Waals surface area contributed by atoms with E-state index >= 15 is 0 Å². The average molecular weight is 246 g/mol. The average Bonchev–Trinajstić information content (AvgIpc) is 2.28. The maximum Gasteiger partial charge on any atom is 0.134 e. The molecule has 2 atom stereocenters. The van der Waals surface area contributed by atoms with Crippen molar-refractivity contribution >= 4 is 5.78 Å². The van der Waals surface area contributed by atoms with Crippen LogP contribution >= 0.6 is 0 Å². The molecule has 100 valence electrons. The van der Waals surface area contributed by atoms with Gasteiger partial charge in [0.05, 0.1) is 0 Å². The zero-order valence-electron chi connectivity index (χ0n) is 11.9. The van der Waals surface area contributed by atoms with Gasteiger partial charge in [-0.15, -0.1) is 0 Å². The lowest BCUT2D eigenvalue weighted by molar-refractivity contribution is -0.120. The standard InChI is InChI=1S/C17H26O/c1-13-5-3-7-15(9-13)11-17(18)12-16-8-4-6-14(2)10-16/h9-10,15-16H,3-8,11-12H2,1-2H3. The van der Waals surface area contributed by atoms with Crippen molar-refractivity contribution in [1.82, 2.24) is 0 Å². The second-order valence-electron chi connectivity index (χ2n) is 6.28. The Bertz CT molecular complexity index is 328. The minimum Gasteiger partial charge on any atom is -0.300 e. The van der Waals surface area contributed by atoms with E-state index < -0.39 is 0 Å². The highest BCUT2D eigenvalue weighted by Gasteiger charge is 2.19. The number of ketones is 1. The van der Waals surface area contributed by atoms with Crippen LogP contribution in [0.4, 0.5) is 0 Å². The molecular weight excluding hydrogens is 220 g/mol. The molecule has 0 saturated carbocycles. The molecule has 0 saturated heterocycles. The highest BCUT2D eigenvalue weighted by atomic mass is 16.1. The Balaban J connectivity index is 1.81. The molecule has 0 amide bonds. The Morgan fingerprint density at radius 2 is 1.44 bits per heavy atom. The zero-order valence-corrected chi connectivity index (χ0v) is 11.9. The van der Waals surface area contributed by atoms with Crippen LogP contribution < -0.4 is 0 Å². The molecule has 0 aromatic carbocycles. The SMILES string of the molecule is CC1=CC(CC(=O)CC2C=C(C)CCC2)CCC1. The maximum atomic E-state index is 12.1. The van der Waals surface area contributed by atoms with Gasteiger partial charge >= 0.3 is 0 Å². The molecule has 18 heavy (non-hydrogen) atoms. The van der Waals surface area contributed by atoms with Crippen LogP contribution in [-0.2, 0) is 4.79 Å². The lowest BCUT2D eigenvalue weighted by Gasteiger charge is -2.21. The molecule has 2 rings (SSSR count). The summed E-state index contributed by atoms with van der Waals surface area (Å²) in [5, 5.41) is 0. The van der Waals surface area contributed by atoms with Crippen molar-refractivity contribution < 1.29 is 4.79 Å². The summed E-state index contributed by atoms with van der Waals surface area (Å²) in [5.74, 6) is 1.53. The van der Waals surface area contributed by atoms with Crippen molar-refractivity contribution in [1.29, 1.82) is 0 Å². The minimum atomic E-state index is 0.474. The molecule has 0 aromatic rings. The lowest BCUT2D eigenvalue weighted by Crippen LogP contribution is -2.14. The van der Waals surface area contributed by atoms with Gasteiger partial charge in [0.2, 0.25) is 0 Å². The molecule has 0 aromatic heterocycles. The Hall–Kier alpha value is -0.850. The fourth-order valence-electron chi connectivity index (χ4n) is 3.41. The van der Waals surface area contributed by atoms with Crippen LogP contribution in [0.3, 0.4) is 0 Å². The van der Waals surface area contributed by atoms with Gasteiger partial charge in [-0.1, -0.05) is 23.3 Å². The van der Waals surface area contributed by atoms with Crippen LogP contribution in [-0.4, -0.2) is 5.78 Å². The maximum absolute atomic E-state index is 12.1. The summed E-state index contributed by atoms with van der Waals surface area (Å²) in [7, 11) is 0. The first kappa shape index (κ1) is 13.6. The Labute approximate surface area is 111 Å². The third-order valence-corrected chi connectivity index (χ3v) is 4.31. The van der Waals surface area contributed by atoms with E-state index in [0.717, 1.165) is 12.8 Å². The Morgan fingerprint density at radius 1 is 1.00 bits per heavy atom. The molecule has 0 N–H and O–H groups in total. The molecule has 1 nitrogen and oxygen atoms in total. The van der Waals surface area contributed by atoms with Crippen molar-refractivity contribution in [3.8, 4) is 0 Å². The number of Topliss-reactive ketones (excluding diaryl/α,β-unsaturated/α-hetero) is 1. The van der Waals surface area contributed by atoms with E-state index in [4.69, 9.17) is 0 Å². The number of allylic oxidation sites excluding steroid dienone is 4. The van der Waals surface area contributed by atoms with Crippen molar-refractivity contribution in [2.75, 3.05) is 0 Å². The van der Waals surface area contributed by atoms with Crippen molar-refractivity contribution in [2.45, 2.75) is 65.2 Å². The largest absolute Gasteiger partial charge is 0.300 e. The molecule has 0 spiro atoms. The van der Waals surface area contributed by atoms with Gasteiger partial charge in [0.25, 0.3) is 0 Å². The summed E-state index contributed by atoms with van der Waals surface area (Å²) < 4.78 is 0. The number of carbonyl (C=O) groups excluding carboxylic acids is 1. The summed E-state index contributed by atoms with van der Waals surface area (Å²) in [6, 6.07) is 0. The van der Waals surface area contributed by atoms with Crippen molar-refractivity contribution in [3.05, 3.63) is 23.3 Å². The van der Waals surface area contributed by atoms with E-state index in [2.05, 4.69) is 26.0 Å². The summed E-state index contributed by atoms with van der Waals surface area (Å²) in [6.45, 7) is 4.40. The molecule has 0 bridgehead atoms. The first-order chi connectivity index (χ1) is 8.63. The fraction of sp³-hybridized carbons (Fsp3) is 0.706. The van der Waals surface area contributed by atoms with Gasteiger partial charge in [0, 0.05) is 12.8 Å². The van der Waals surface area contributed by atoms with E-state index in [1.54, 1.807) is 0 Å². The molecule has 2 aliphatic carbocycles. The normalized spacial score (nSPS) is 28.6. The van der Waals surface area contributed by atoms with Crippen LogP contribution in [0.1, 0.15) is 65.2 Å². The van der Waals surface area contributed by atoms with Crippen LogP contribution in [0.25, 0.3) is 0 Å². The van der Waals surface area contributed by atoms with Crippen LogP contribution in [0, 0.1) is 11.8 Å². The first-order valence-corrected chi connectivity index (χ1v) is 7.50. The molecular formula is C17H26O. The van der Waals surface area contributed by atoms with Crippen molar-refractivity contribution in [2.24, 2.45) is 11.8 Å². The molecule has 0 aliphatic heterocycles. The van der Waals surface area contributed by atoms with Gasteiger partial charge in [-0.3, -0.25) is 4.79 Å². The second kappa shape index (κ2) is 6.36. The predicted octanol–water partition coefficient (Wildman–Crippen LogP) is 4.83.